The zero-order valence-electron chi connectivity index (χ0n) is 22.5. The van der Waals surface area contributed by atoms with Crippen molar-refractivity contribution in [1.29, 1.82) is 0 Å². The lowest BCUT2D eigenvalue weighted by Gasteiger charge is -2.28. The van der Waals surface area contributed by atoms with Crippen LogP contribution in [-0.2, 0) is 11.3 Å². The van der Waals surface area contributed by atoms with E-state index in [1.807, 2.05) is 74.2 Å². The highest BCUT2D eigenvalue weighted by Crippen LogP contribution is 2.22. The van der Waals surface area contributed by atoms with Gasteiger partial charge in [0, 0.05) is 44.3 Å². The minimum Gasteiger partial charge on any atom is -0.444 e. The lowest BCUT2D eigenvalue weighted by molar-refractivity contribution is 0.0241. The van der Waals surface area contributed by atoms with Crippen LogP contribution in [0.1, 0.15) is 69.8 Å². The van der Waals surface area contributed by atoms with Gasteiger partial charge in [-0.3, -0.25) is 4.79 Å². The second kappa shape index (κ2) is 12.7. The smallest absolute Gasteiger partial charge is 0.410 e. The number of hydrogen-bond donors (Lipinski definition) is 2. The predicted octanol–water partition coefficient (Wildman–Crippen LogP) is 5.98. The molecule has 36 heavy (non-hydrogen) atoms. The van der Waals surface area contributed by atoms with Crippen LogP contribution in [0.2, 0.25) is 0 Å². The molecule has 7 heteroatoms. The van der Waals surface area contributed by atoms with Gasteiger partial charge < -0.3 is 25.2 Å². The van der Waals surface area contributed by atoms with Crippen LogP contribution in [0.25, 0.3) is 0 Å². The molecule has 1 aliphatic rings. The summed E-state index contributed by atoms with van der Waals surface area (Å²) in [6.45, 7) is 12.8. The van der Waals surface area contributed by atoms with E-state index >= 15 is 0 Å². The minimum absolute atomic E-state index is 0.0660. The van der Waals surface area contributed by atoms with E-state index in [1.54, 1.807) is 4.90 Å². The van der Waals surface area contributed by atoms with Gasteiger partial charge in [0.05, 0.1) is 11.4 Å². The van der Waals surface area contributed by atoms with E-state index in [-0.39, 0.29) is 12.0 Å². The standard InChI is InChI=1S/C29H42N4O3/c1-22(2)31-26-15-8-7-14-25(26)30-16-19-33(28(35)36-29(3,4)5)21-23-12-11-13-24(20-23)27(34)32-17-9-6-10-18-32/h7-8,11-15,20,22,30-31H,6,9-10,16-19,21H2,1-5H3. The fraction of sp³-hybridized carbons (Fsp3) is 0.517. The first kappa shape index (κ1) is 27.4. The summed E-state index contributed by atoms with van der Waals surface area (Å²) >= 11 is 0. The minimum atomic E-state index is -0.595. The number of hydrogen-bond acceptors (Lipinski definition) is 5. The van der Waals surface area contributed by atoms with Gasteiger partial charge in [0.1, 0.15) is 5.60 Å². The molecule has 0 bridgehead atoms. The van der Waals surface area contributed by atoms with Crippen LogP contribution < -0.4 is 10.6 Å². The molecule has 2 aromatic rings. The van der Waals surface area contributed by atoms with Crippen LogP contribution in [0.15, 0.2) is 48.5 Å². The average molecular weight is 495 g/mol. The van der Waals surface area contributed by atoms with Crippen LogP contribution >= 0.6 is 0 Å². The fourth-order valence-electron chi connectivity index (χ4n) is 4.26. The molecule has 0 atom stereocenters. The Hall–Kier alpha value is -3.22. The normalized spacial score (nSPS) is 13.9. The monoisotopic (exact) mass is 494 g/mol. The number of nitrogens with one attached hydrogen (secondary N) is 2. The summed E-state index contributed by atoms with van der Waals surface area (Å²) in [5.41, 5.74) is 3.00. The van der Waals surface area contributed by atoms with Crippen LogP contribution in [0.4, 0.5) is 16.2 Å². The Morgan fingerprint density at radius 2 is 1.69 bits per heavy atom. The molecule has 0 saturated carbocycles. The Bertz CT molecular complexity index is 1010. The molecule has 196 valence electrons. The molecule has 1 heterocycles. The molecular weight excluding hydrogens is 452 g/mol. The molecule has 2 aromatic carbocycles. The molecule has 1 saturated heterocycles. The highest BCUT2D eigenvalue weighted by molar-refractivity contribution is 5.94. The van der Waals surface area contributed by atoms with Crippen molar-refractivity contribution in [3.63, 3.8) is 0 Å². The summed E-state index contributed by atoms with van der Waals surface area (Å²) in [5, 5.41) is 6.90. The lowest BCUT2D eigenvalue weighted by atomic mass is 10.1. The van der Waals surface area contributed by atoms with E-state index < -0.39 is 5.60 Å². The number of rotatable bonds is 9. The first-order valence-corrected chi connectivity index (χ1v) is 13.1. The molecule has 0 radical (unpaired) electrons. The number of nitrogens with zero attached hydrogens (tertiary/aromatic N) is 2. The number of carbonyl (C=O) groups excluding carboxylic acids is 2. The highest BCUT2D eigenvalue weighted by atomic mass is 16.6. The van der Waals surface area contributed by atoms with Crippen molar-refractivity contribution in [2.45, 2.75) is 72.1 Å². The van der Waals surface area contributed by atoms with Crippen molar-refractivity contribution < 1.29 is 14.3 Å². The number of para-hydroxylation sites is 2. The molecule has 2 N–H and O–H groups in total. The van der Waals surface area contributed by atoms with E-state index in [2.05, 4.69) is 24.5 Å². The molecule has 0 spiro atoms. The molecule has 7 nitrogen and oxygen atoms in total. The van der Waals surface area contributed by atoms with Gasteiger partial charge in [-0.05, 0) is 83.7 Å². The average Bonchev–Trinajstić information content (AvgIpc) is 2.83. The first-order chi connectivity index (χ1) is 17.1. The zero-order valence-corrected chi connectivity index (χ0v) is 22.5. The van der Waals surface area contributed by atoms with E-state index in [4.69, 9.17) is 4.74 Å². The van der Waals surface area contributed by atoms with Gasteiger partial charge in [-0.2, -0.15) is 0 Å². The Morgan fingerprint density at radius 3 is 2.36 bits per heavy atom. The second-order valence-electron chi connectivity index (χ2n) is 10.7. The quantitative estimate of drug-likeness (QED) is 0.448. The van der Waals surface area contributed by atoms with Gasteiger partial charge in [-0.25, -0.2) is 4.79 Å². The highest BCUT2D eigenvalue weighted by Gasteiger charge is 2.23. The Kier molecular flexibility index (Phi) is 9.62. The molecule has 0 unspecified atom stereocenters. The Labute approximate surface area is 216 Å². The summed E-state index contributed by atoms with van der Waals surface area (Å²) < 4.78 is 5.70. The molecule has 2 amide bonds. The number of ether oxygens (including phenoxy) is 1. The van der Waals surface area contributed by atoms with Gasteiger partial charge in [0.2, 0.25) is 0 Å². The topological polar surface area (TPSA) is 73.9 Å². The van der Waals surface area contributed by atoms with Crippen LogP contribution in [0.5, 0.6) is 0 Å². The zero-order chi connectivity index (χ0) is 26.1. The summed E-state index contributed by atoms with van der Waals surface area (Å²) in [5.74, 6) is 0.0660. The van der Waals surface area contributed by atoms with Crippen molar-refractivity contribution in [3.8, 4) is 0 Å². The second-order valence-corrected chi connectivity index (χ2v) is 10.7. The summed E-state index contributed by atoms with van der Waals surface area (Å²) in [6, 6.07) is 16.0. The summed E-state index contributed by atoms with van der Waals surface area (Å²) in [7, 11) is 0. The number of carbonyl (C=O) groups is 2. The van der Waals surface area contributed by atoms with E-state index in [0.29, 0.717) is 31.2 Å². The number of anilines is 2. The maximum absolute atomic E-state index is 13.1. The molecule has 1 aliphatic heterocycles. The third kappa shape index (κ3) is 8.47. The van der Waals surface area contributed by atoms with Crippen LogP contribution in [0, 0.1) is 0 Å². The Balaban J connectivity index is 1.70. The lowest BCUT2D eigenvalue weighted by Crippen LogP contribution is -2.39. The number of benzene rings is 2. The molecule has 0 aliphatic carbocycles. The van der Waals surface area contributed by atoms with E-state index in [9.17, 15) is 9.59 Å². The van der Waals surface area contributed by atoms with Gasteiger partial charge in [-0.1, -0.05) is 24.3 Å². The third-order valence-corrected chi connectivity index (χ3v) is 5.91. The van der Waals surface area contributed by atoms with Crippen LogP contribution in [0.3, 0.4) is 0 Å². The summed E-state index contributed by atoms with van der Waals surface area (Å²) in [4.78, 5) is 29.7. The Morgan fingerprint density at radius 1 is 1.00 bits per heavy atom. The van der Waals surface area contributed by atoms with Crippen molar-refractivity contribution >= 4 is 23.4 Å². The van der Waals surface area contributed by atoms with Gasteiger partial charge >= 0.3 is 6.09 Å². The molecule has 3 rings (SSSR count). The van der Waals surface area contributed by atoms with Crippen molar-refractivity contribution in [3.05, 3.63) is 59.7 Å². The molecule has 1 fully saturated rings. The van der Waals surface area contributed by atoms with Gasteiger partial charge in [0.25, 0.3) is 5.91 Å². The van der Waals surface area contributed by atoms with Crippen molar-refractivity contribution in [1.82, 2.24) is 9.80 Å². The van der Waals surface area contributed by atoms with Crippen molar-refractivity contribution in [2.75, 3.05) is 36.8 Å². The molecular formula is C29H42N4O3. The number of likely N-dealkylation sites (tertiary alicyclic amines) is 1. The SMILES string of the molecule is CC(C)Nc1ccccc1NCCN(Cc1cccc(C(=O)N2CCCCC2)c1)C(=O)OC(C)(C)C. The number of piperidine rings is 1. The van der Waals surface area contributed by atoms with Crippen molar-refractivity contribution in [2.24, 2.45) is 0 Å². The van der Waals surface area contributed by atoms with Crippen LogP contribution in [-0.4, -0.2) is 59.6 Å². The largest absolute Gasteiger partial charge is 0.444 e. The van der Waals surface area contributed by atoms with E-state index in [0.717, 1.165) is 42.9 Å². The van der Waals surface area contributed by atoms with Gasteiger partial charge in [0.15, 0.2) is 0 Å². The predicted molar refractivity (Wildman–Crippen MR) is 147 cm³/mol. The maximum Gasteiger partial charge on any atom is 0.410 e. The van der Waals surface area contributed by atoms with Gasteiger partial charge in [-0.15, -0.1) is 0 Å². The van der Waals surface area contributed by atoms with E-state index in [1.165, 1.54) is 6.42 Å². The first-order valence-electron chi connectivity index (χ1n) is 13.1. The summed E-state index contributed by atoms with van der Waals surface area (Å²) in [6.07, 6.45) is 2.92. The number of amides is 2. The maximum atomic E-state index is 13.1. The fourth-order valence-corrected chi connectivity index (χ4v) is 4.26. The molecule has 0 aromatic heterocycles. The third-order valence-electron chi connectivity index (χ3n) is 5.91.